The molecule has 0 amide bonds. The molecule has 106 valence electrons. The topological polar surface area (TPSA) is 62.2 Å². The molecule has 1 heterocycles. The fraction of sp³-hybridized carbons (Fsp3) is 0.286. The molecule has 0 aliphatic carbocycles. The first-order valence-electron chi connectivity index (χ1n) is 6.14. The van der Waals surface area contributed by atoms with Gasteiger partial charge in [-0.1, -0.05) is 12.1 Å². The highest BCUT2D eigenvalue weighted by Gasteiger charge is 2.11. The number of aryl methyl sites for hydroxylation is 1. The maximum Gasteiger partial charge on any atom is 0.365 e. The SMILES string of the molecule is Cc1ccc(C(C)NCc2csc(C(=O)O)n2)cc1F. The van der Waals surface area contributed by atoms with Crippen LogP contribution in [0, 0.1) is 12.7 Å². The van der Waals surface area contributed by atoms with Crippen LogP contribution in [0.2, 0.25) is 0 Å². The van der Waals surface area contributed by atoms with Gasteiger partial charge >= 0.3 is 5.97 Å². The molecule has 0 spiro atoms. The molecule has 20 heavy (non-hydrogen) atoms. The van der Waals surface area contributed by atoms with Gasteiger partial charge in [0.1, 0.15) is 5.82 Å². The van der Waals surface area contributed by atoms with Crippen molar-refractivity contribution in [1.82, 2.24) is 10.3 Å². The molecule has 2 aromatic rings. The second-order valence-electron chi connectivity index (χ2n) is 4.56. The van der Waals surface area contributed by atoms with Gasteiger partial charge in [-0.2, -0.15) is 0 Å². The van der Waals surface area contributed by atoms with E-state index >= 15 is 0 Å². The monoisotopic (exact) mass is 294 g/mol. The van der Waals surface area contributed by atoms with Crippen LogP contribution >= 0.6 is 11.3 Å². The number of rotatable bonds is 5. The van der Waals surface area contributed by atoms with Gasteiger partial charge < -0.3 is 10.4 Å². The van der Waals surface area contributed by atoms with Crippen LogP contribution < -0.4 is 5.32 Å². The second-order valence-corrected chi connectivity index (χ2v) is 5.42. The van der Waals surface area contributed by atoms with Crippen molar-refractivity contribution in [3.05, 3.63) is 51.2 Å². The smallest absolute Gasteiger partial charge is 0.365 e. The summed E-state index contributed by atoms with van der Waals surface area (Å²) in [5.41, 5.74) is 2.14. The van der Waals surface area contributed by atoms with Crippen LogP contribution in [0.3, 0.4) is 0 Å². The lowest BCUT2D eigenvalue weighted by Crippen LogP contribution is -2.18. The van der Waals surface area contributed by atoms with E-state index in [9.17, 15) is 9.18 Å². The van der Waals surface area contributed by atoms with Crippen molar-refractivity contribution in [3.63, 3.8) is 0 Å². The van der Waals surface area contributed by atoms with Crippen LogP contribution in [0.15, 0.2) is 23.6 Å². The molecule has 2 rings (SSSR count). The number of nitrogens with zero attached hydrogens (tertiary/aromatic N) is 1. The average Bonchev–Trinajstić information content (AvgIpc) is 2.88. The predicted molar refractivity (Wildman–Crippen MR) is 75.5 cm³/mol. The maximum atomic E-state index is 13.5. The summed E-state index contributed by atoms with van der Waals surface area (Å²) in [4.78, 5) is 14.7. The first-order chi connectivity index (χ1) is 9.47. The van der Waals surface area contributed by atoms with E-state index in [-0.39, 0.29) is 16.9 Å². The van der Waals surface area contributed by atoms with E-state index in [1.807, 2.05) is 13.0 Å². The summed E-state index contributed by atoms with van der Waals surface area (Å²) in [6.45, 7) is 4.09. The largest absolute Gasteiger partial charge is 0.476 e. The molecule has 4 nitrogen and oxygen atoms in total. The summed E-state index contributed by atoms with van der Waals surface area (Å²) < 4.78 is 13.5. The van der Waals surface area contributed by atoms with Crippen LogP contribution in [-0.4, -0.2) is 16.1 Å². The molecule has 1 aromatic heterocycles. The lowest BCUT2D eigenvalue weighted by molar-refractivity contribution is 0.0696. The van der Waals surface area contributed by atoms with Crippen molar-refractivity contribution in [2.45, 2.75) is 26.4 Å². The Bertz CT molecular complexity index is 627. The average molecular weight is 294 g/mol. The van der Waals surface area contributed by atoms with Crippen molar-refractivity contribution in [1.29, 1.82) is 0 Å². The number of carboxylic acids is 1. The Morgan fingerprint density at radius 1 is 1.55 bits per heavy atom. The summed E-state index contributed by atoms with van der Waals surface area (Å²) >= 11 is 1.10. The third-order valence-electron chi connectivity index (χ3n) is 3.02. The quantitative estimate of drug-likeness (QED) is 0.889. The standard InChI is InChI=1S/C14H15FN2O2S/c1-8-3-4-10(5-12(8)15)9(2)16-6-11-7-20-13(17-11)14(18)19/h3-5,7,9,16H,6H2,1-2H3,(H,18,19). The Labute approximate surface area is 120 Å². The zero-order valence-corrected chi connectivity index (χ0v) is 12.0. The van der Waals surface area contributed by atoms with Gasteiger partial charge in [0, 0.05) is 18.0 Å². The van der Waals surface area contributed by atoms with E-state index in [1.165, 1.54) is 6.07 Å². The molecule has 1 atom stereocenters. The van der Waals surface area contributed by atoms with Crippen molar-refractivity contribution >= 4 is 17.3 Å². The lowest BCUT2D eigenvalue weighted by atomic mass is 10.1. The van der Waals surface area contributed by atoms with Crippen molar-refractivity contribution < 1.29 is 14.3 Å². The number of aromatic nitrogens is 1. The van der Waals surface area contributed by atoms with Crippen LogP contribution in [0.1, 0.15) is 39.6 Å². The van der Waals surface area contributed by atoms with Crippen molar-refractivity contribution in [2.75, 3.05) is 0 Å². The molecular weight excluding hydrogens is 279 g/mol. The first-order valence-corrected chi connectivity index (χ1v) is 7.02. The summed E-state index contributed by atoms with van der Waals surface area (Å²) in [7, 11) is 0. The fourth-order valence-electron chi connectivity index (χ4n) is 1.74. The summed E-state index contributed by atoms with van der Waals surface area (Å²) in [6, 6.07) is 5.09. The maximum absolute atomic E-state index is 13.5. The zero-order valence-electron chi connectivity index (χ0n) is 11.2. The minimum absolute atomic E-state index is 0.0416. The van der Waals surface area contributed by atoms with E-state index in [0.717, 1.165) is 16.9 Å². The van der Waals surface area contributed by atoms with Gasteiger partial charge in [-0.15, -0.1) is 11.3 Å². The van der Waals surface area contributed by atoms with Crippen LogP contribution in [-0.2, 0) is 6.54 Å². The molecule has 0 radical (unpaired) electrons. The van der Waals surface area contributed by atoms with Gasteiger partial charge in [-0.25, -0.2) is 14.2 Å². The number of carboxylic acid groups (broad SMARTS) is 1. The zero-order chi connectivity index (χ0) is 14.7. The number of nitrogens with one attached hydrogen (secondary N) is 1. The third kappa shape index (κ3) is 3.40. The summed E-state index contributed by atoms with van der Waals surface area (Å²) in [6.07, 6.45) is 0. The number of hydrogen-bond donors (Lipinski definition) is 2. The molecule has 2 N–H and O–H groups in total. The number of halogens is 1. The van der Waals surface area contributed by atoms with Gasteiger partial charge in [-0.3, -0.25) is 0 Å². The van der Waals surface area contributed by atoms with E-state index in [1.54, 1.807) is 18.4 Å². The minimum atomic E-state index is -1.02. The van der Waals surface area contributed by atoms with Gasteiger partial charge in [0.2, 0.25) is 5.01 Å². The fourth-order valence-corrected chi connectivity index (χ4v) is 2.39. The molecule has 0 fully saturated rings. The number of thiazole rings is 1. The van der Waals surface area contributed by atoms with E-state index in [4.69, 9.17) is 5.11 Å². The van der Waals surface area contributed by atoms with Gasteiger partial charge in [-0.05, 0) is 31.0 Å². The van der Waals surface area contributed by atoms with Crippen LogP contribution in [0.4, 0.5) is 4.39 Å². The number of aromatic carboxylic acids is 1. The Morgan fingerprint density at radius 2 is 2.30 bits per heavy atom. The Morgan fingerprint density at radius 3 is 2.90 bits per heavy atom. The molecule has 1 aromatic carbocycles. The van der Waals surface area contributed by atoms with Crippen molar-refractivity contribution in [3.8, 4) is 0 Å². The number of benzene rings is 1. The summed E-state index contributed by atoms with van der Waals surface area (Å²) in [5, 5.41) is 13.8. The third-order valence-corrected chi connectivity index (χ3v) is 3.90. The predicted octanol–water partition coefficient (Wildman–Crippen LogP) is 3.14. The van der Waals surface area contributed by atoms with Gasteiger partial charge in [0.05, 0.1) is 5.69 Å². The highest BCUT2D eigenvalue weighted by atomic mass is 32.1. The molecule has 0 aliphatic heterocycles. The molecular formula is C14H15FN2O2S. The molecule has 6 heteroatoms. The molecule has 0 bridgehead atoms. The van der Waals surface area contributed by atoms with E-state index < -0.39 is 5.97 Å². The highest BCUT2D eigenvalue weighted by Crippen LogP contribution is 2.17. The Kier molecular flexibility index (Phi) is 4.46. The van der Waals surface area contributed by atoms with Gasteiger partial charge in [0.25, 0.3) is 0 Å². The molecule has 1 unspecified atom stereocenters. The molecule has 0 saturated carbocycles. The van der Waals surface area contributed by atoms with Crippen molar-refractivity contribution in [2.24, 2.45) is 0 Å². The van der Waals surface area contributed by atoms with E-state index in [2.05, 4.69) is 10.3 Å². The van der Waals surface area contributed by atoms with Crippen LogP contribution in [0.5, 0.6) is 0 Å². The molecule has 0 saturated heterocycles. The first kappa shape index (κ1) is 14.6. The normalized spacial score (nSPS) is 12.3. The van der Waals surface area contributed by atoms with Gasteiger partial charge in [0.15, 0.2) is 0 Å². The van der Waals surface area contributed by atoms with E-state index in [0.29, 0.717) is 17.8 Å². The second kappa shape index (κ2) is 6.11. The number of carbonyl (C=O) groups is 1. The molecule has 0 aliphatic rings. The summed E-state index contributed by atoms with van der Waals surface area (Å²) in [5.74, 6) is -1.24. The Hall–Kier alpha value is -1.79. The highest BCUT2D eigenvalue weighted by molar-refractivity contribution is 7.11. The Balaban J connectivity index is 1.98. The number of hydrogen-bond acceptors (Lipinski definition) is 4. The lowest BCUT2D eigenvalue weighted by Gasteiger charge is -2.14. The van der Waals surface area contributed by atoms with Crippen LogP contribution in [0.25, 0.3) is 0 Å². The minimum Gasteiger partial charge on any atom is -0.476 e.